The molecule has 0 unspecified atom stereocenters. The van der Waals surface area contributed by atoms with Gasteiger partial charge in [-0.15, -0.1) is 0 Å². The highest BCUT2D eigenvalue weighted by molar-refractivity contribution is 5.47. The fourth-order valence-electron chi connectivity index (χ4n) is 4.74. The molecule has 140 valence electrons. The van der Waals surface area contributed by atoms with Crippen molar-refractivity contribution >= 4 is 5.69 Å². The molecule has 0 radical (unpaired) electrons. The number of nitriles is 1. The van der Waals surface area contributed by atoms with E-state index < -0.39 is 0 Å². The molecule has 0 N–H and O–H groups in total. The van der Waals surface area contributed by atoms with Crippen LogP contribution in [0.5, 0.6) is 0 Å². The summed E-state index contributed by atoms with van der Waals surface area (Å²) in [5, 5.41) is 9.90. The van der Waals surface area contributed by atoms with E-state index in [9.17, 15) is 5.26 Å². The number of piperidine rings is 2. The van der Waals surface area contributed by atoms with E-state index in [1.807, 2.05) is 6.07 Å². The summed E-state index contributed by atoms with van der Waals surface area (Å²) in [7, 11) is 0. The lowest BCUT2D eigenvalue weighted by atomic mass is 9.73. The first-order chi connectivity index (χ1) is 13.2. The fraction of sp³-hybridized carbons (Fsp3) is 0.458. The Balaban J connectivity index is 1.34. The second-order valence-electron chi connectivity index (χ2n) is 8.15. The lowest BCUT2D eigenvalue weighted by Gasteiger charge is -2.44. The molecule has 2 heterocycles. The Morgan fingerprint density at radius 2 is 1.52 bits per heavy atom. The molecular formula is C24H29N3. The van der Waals surface area contributed by atoms with E-state index in [2.05, 4.69) is 71.3 Å². The van der Waals surface area contributed by atoms with Gasteiger partial charge >= 0.3 is 0 Å². The van der Waals surface area contributed by atoms with Crippen LogP contribution in [0.25, 0.3) is 0 Å². The second kappa shape index (κ2) is 7.74. The lowest BCUT2D eigenvalue weighted by Crippen LogP contribution is -2.50. The molecule has 0 aliphatic carbocycles. The molecule has 4 rings (SSSR count). The van der Waals surface area contributed by atoms with E-state index in [4.69, 9.17) is 0 Å². The maximum Gasteiger partial charge on any atom is 0.0846 e. The van der Waals surface area contributed by atoms with Crippen molar-refractivity contribution in [1.82, 2.24) is 4.90 Å². The predicted molar refractivity (Wildman–Crippen MR) is 111 cm³/mol. The maximum atomic E-state index is 9.90. The standard InChI is InChI=1S/C24H29N3/c1-20-7-9-22(10-8-20)26-15-11-23(12-16-26)27-17-13-24(19-25,14-18-27)21-5-3-2-4-6-21/h2-10,23H,11-18H2,1H3. The van der Waals surface area contributed by atoms with Gasteiger partial charge in [0.25, 0.3) is 0 Å². The van der Waals surface area contributed by atoms with Crippen LogP contribution in [0.2, 0.25) is 0 Å². The minimum absolute atomic E-state index is 0.291. The number of hydrogen-bond acceptors (Lipinski definition) is 3. The summed E-state index contributed by atoms with van der Waals surface area (Å²) in [4.78, 5) is 5.16. The van der Waals surface area contributed by atoms with E-state index in [0.717, 1.165) is 39.0 Å². The Morgan fingerprint density at radius 1 is 0.889 bits per heavy atom. The quantitative estimate of drug-likeness (QED) is 0.807. The Kier molecular flexibility index (Phi) is 5.18. The summed E-state index contributed by atoms with van der Waals surface area (Å²) >= 11 is 0. The largest absolute Gasteiger partial charge is 0.371 e. The van der Waals surface area contributed by atoms with Crippen molar-refractivity contribution in [3.8, 4) is 6.07 Å². The van der Waals surface area contributed by atoms with E-state index in [1.54, 1.807) is 0 Å². The molecule has 0 aromatic heterocycles. The first kappa shape index (κ1) is 18.1. The highest BCUT2D eigenvalue weighted by Gasteiger charge is 2.38. The molecule has 2 saturated heterocycles. The third-order valence-corrected chi connectivity index (χ3v) is 6.57. The van der Waals surface area contributed by atoms with Crippen LogP contribution >= 0.6 is 0 Å². The van der Waals surface area contributed by atoms with E-state index in [1.165, 1.54) is 29.7 Å². The van der Waals surface area contributed by atoms with Crippen LogP contribution < -0.4 is 4.90 Å². The second-order valence-corrected chi connectivity index (χ2v) is 8.15. The summed E-state index contributed by atoms with van der Waals surface area (Å²) < 4.78 is 0. The van der Waals surface area contributed by atoms with Gasteiger partial charge in [0.15, 0.2) is 0 Å². The molecule has 0 saturated carbocycles. The van der Waals surface area contributed by atoms with Gasteiger partial charge in [0.2, 0.25) is 0 Å². The van der Waals surface area contributed by atoms with Gasteiger partial charge in [-0.1, -0.05) is 48.0 Å². The van der Waals surface area contributed by atoms with Crippen molar-refractivity contribution in [2.24, 2.45) is 0 Å². The minimum atomic E-state index is -0.291. The van der Waals surface area contributed by atoms with Gasteiger partial charge < -0.3 is 9.80 Å². The molecular weight excluding hydrogens is 330 g/mol. The van der Waals surface area contributed by atoms with Gasteiger partial charge in [-0.05, 0) is 50.3 Å². The number of hydrogen-bond donors (Lipinski definition) is 0. The normalized spacial score (nSPS) is 21.0. The Morgan fingerprint density at radius 3 is 2.11 bits per heavy atom. The zero-order valence-electron chi connectivity index (χ0n) is 16.3. The summed E-state index contributed by atoms with van der Waals surface area (Å²) in [6.45, 7) is 6.48. The van der Waals surface area contributed by atoms with Crippen molar-refractivity contribution in [1.29, 1.82) is 5.26 Å². The van der Waals surface area contributed by atoms with Gasteiger partial charge in [0.05, 0.1) is 11.5 Å². The molecule has 27 heavy (non-hydrogen) atoms. The number of anilines is 1. The van der Waals surface area contributed by atoms with Gasteiger partial charge in [-0.25, -0.2) is 0 Å². The van der Waals surface area contributed by atoms with Gasteiger partial charge in [0, 0.05) is 37.9 Å². The summed E-state index contributed by atoms with van der Waals surface area (Å²) in [6.07, 6.45) is 4.34. The van der Waals surface area contributed by atoms with Gasteiger partial charge in [0.1, 0.15) is 0 Å². The van der Waals surface area contributed by atoms with Crippen molar-refractivity contribution in [2.45, 2.75) is 44.1 Å². The molecule has 2 aromatic rings. The molecule has 2 aromatic carbocycles. The van der Waals surface area contributed by atoms with E-state index in [0.29, 0.717) is 6.04 Å². The Labute approximate surface area is 163 Å². The van der Waals surface area contributed by atoms with Crippen LogP contribution in [0.15, 0.2) is 54.6 Å². The number of likely N-dealkylation sites (tertiary alicyclic amines) is 1. The highest BCUT2D eigenvalue weighted by atomic mass is 15.2. The van der Waals surface area contributed by atoms with Crippen LogP contribution in [-0.2, 0) is 5.41 Å². The van der Waals surface area contributed by atoms with Crippen molar-refractivity contribution in [3.63, 3.8) is 0 Å². The number of rotatable bonds is 3. The average Bonchev–Trinajstić information content (AvgIpc) is 2.75. The molecule has 2 aliphatic rings. The SMILES string of the molecule is Cc1ccc(N2CCC(N3CCC(C#N)(c4ccccc4)CC3)CC2)cc1. The zero-order valence-corrected chi connectivity index (χ0v) is 16.3. The van der Waals surface area contributed by atoms with Gasteiger partial charge in [-0.3, -0.25) is 0 Å². The van der Waals surface area contributed by atoms with E-state index >= 15 is 0 Å². The van der Waals surface area contributed by atoms with Crippen LogP contribution in [0.3, 0.4) is 0 Å². The number of benzene rings is 2. The number of aryl methyl sites for hydroxylation is 1. The predicted octanol–water partition coefficient (Wildman–Crippen LogP) is 4.52. The molecule has 2 fully saturated rings. The van der Waals surface area contributed by atoms with Crippen LogP contribution in [-0.4, -0.2) is 37.1 Å². The molecule has 3 heteroatoms. The number of nitrogens with zero attached hydrogens (tertiary/aromatic N) is 3. The van der Waals surface area contributed by atoms with Crippen LogP contribution in [0, 0.1) is 18.3 Å². The molecule has 0 bridgehead atoms. The Hall–Kier alpha value is -2.31. The monoisotopic (exact) mass is 359 g/mol. The molecule has 0 spiro atoms. The summed E-state index contributed by atoms with van der Waals surface area (Å²) in [5.74, 6) is 0. The maximum absolute atomic E-state index is 9.90. The first-order valence-corrected chi connectivity index (χ1v) is 10.2. The molecule has 0 amide bonds. The third-order valence-electron chi connectivity index (χ3n) is 6.57. The molecule has 0 atom stereocenters. The molecule has 3 nitrogen and oxygen atoms in total. The molecule has 2 aliphatic heterocycles. The average molecular weight is 360 g/mol. The highest BCUT2D eigenvalue weighted by Crippen LogP contribution is 2.36. The van der Waals surface area contributed by atoms with Crippen LogP contribution in [0.4, 0.5) is 5.69 Å². The summed E-state index contributed by atoms with van der Waals surface area (Å²) in [5.41, 5.74) is 3.58. The third kappa shape index (κ3) is 3.73. The zero-order chi connectivity index (χ0) is 18.7. The Bertz CT molecular complexity index is 775. The smallest absolute Gasteiger partial charge is 0.0846 e. The van der Waals surface area contributed by atoms with Crippen molar-refractivity contribution in [3.05, 3.63) is 65.7 Å². The van der Waals surface area contributed by atoms with Crippen LogP contribution in [0.1, 0.15) is 36.8 Å². The van der Waals surface area contributed by atoms with Gasteiger partial charge in [-0.2, -0.15) is 5.26 Å². The first-order valence-electron chi connectivity index (χ1n) is 10.2. The van der Waals surface area contributed by atoms with Crippen molar-refractivity contribution in [2.75, 3.05) is 31.1 Å². The summed E-state index contributed by atoms with van der Waals surface area (Å²) in [6, 6.07) is 22.6. The minimum Gasteiger partial charge on any atom is -0.371 e. The van der Waals surface area contributed by atoms with E-state index in [-0.39, 0.29) is 5.41 Å². The lowest BCUT2D eigenvalue weighted by molar-refractivity contribution is 0.116. The fourth-order valence-corrected chi connectivity index (χ4v) is 4.74. The van der Waals surface area contributed by atoms with Crippen molar-refractivity contribution < 1.29 is 0 Å². The topological polar surface area (TPSA) is 30.3 Å².